The lowest BCUT2D eigenvalue weighted by molar-refractivity contribution is -0.932. The van der Waals surface area contributed by atoms with Crippen LogP contribution in [0.15, 0.2) is 39.5 Å². The zero-order valence-corrected chi connectivity index (χ0v) is 15.9. The maximum absolute atomic E-state index is 13.1. The number of hydrogen-bond acceptors (Lipinski definition) is 3. The molecule has 4 nitrogen and oxygen atoms in total. The number of ether oxygens (including phenoxy) is 1. The molecule has 5 rings (SSSR count). The second kappa shape index (κ2) is 6.74. The summed E-state index contributed by atoms with van der Waals surface area (Å²) in [6, 6.07) is 8.88. The van der Waals surface area contributed by atoms with Crippen LogP contribution in [0, 0.1) is 12.7 Å². The largest absolute Gasteiger partial charge is 0.444 e. The fourth-order valence-corrected chi connectivity index (χ4v) is 4.59. The molecule has 1 aliphatic carbocycles. The van der Waals surface area contributed by atoms with Gasteiger partial charge in [-0.2, -0.15) is 0 Å². The van der Waals surface area contributed by atoms with Crippen LogP contribution in [0.25, 0.3) is 11.0 Å². The number of nitrogens with one attached hydrogen (secondary N) is 1. The summed E-state index contributed by atoms with van der Waals surface area (Å²) in [5.41, 5.74) is 5.74. The summed E-state index contributed by atoms with van der Waals surface area (Å²) < 4.78 is 24.8. The minimum absolute atomic E-state index is 0.189. The van der Waals surface area contributed by atoms with Gasteiger partial charge in [-0.3, -0.25) is 4.90 Å². The molecule has 0 fully saturated rings. The van der Waals surface area contributed by atoms with Gasteiger partial charge in [-0.1, -0.05) is 12.1 Å². The molecule has 2 aliphatic rings. The van der Waals surface area contributed by atoms with Gasteiger partial charge in [-0.05, 0) is 55.5 Å². The van der Waals surface area contributed by atoms with Gasteiger partial charge >= 0.3 is 5.63 Å². The molecule has 0 amide bonds. The Morgan fingerprint density at radius 3 is 2.75 bits per heavy atom. The molecule has 144 valence electrons. The third kappa shape index (κ3) is 2.90. The van der Waals surface area contributed by atoms with Gasteiger partial charge in [0.2, 0.25) is 6.73 Å². The van der Waals surface area contributed by atoms with Crippen LogP contribution in [0.4, 0.5) is 4.39 Å². The second-order valence-electron chi connectivity index (χ2n) is 7.91. The number of aryl methyl sites for hydroxylation is 2. The molecule has 0 saturated heterocycles. The Morgan fingerprint density at radius 1 is 1.14 bits per heavy atom. The van der Waals surface area contributed by atoms with Crippen LogP contribution in [0.2, 0.25) is 0 Å². The van der Waals surface area contributed by atoms with Gasteiger partial charge in [0, 0.05) is 28.5 Å². The SMILES string of the molecule is Cc1c2c(cc3c4c(c(=O)oc13)CCC4)C[NH+](CCc1ccc(F)cc1)CO2. The zero-order valence-electron chi connectivity index (χ0n) is 15.9. The van der Waals surface area contributed by atoms with Crippen molar-refractivity contribution in [3.63, 3.8) is 0 Å². The Morgan fingerprint density at radius 2 is 1.93 bits per heavy atom. The summed E-state index contributed by atoms with van der Waals surface area (Å²) in [7, 11) is 0. The van der Waals surface area contributed by atoms with Crippen LogP contribution in [0.1, 0.15) is 34.2 Å². The molecule has 2 heterocycles. The molecular formula is C23H23FNO3+. The molecule has 0 bridgehead atoms. The highest BCUT2D eigenvalue weighted by atomic mass is 19.1. The van der Waals surface area contributed by atoms with Crippen LogP contribution in [0.3, 0.4) is 0 Å². The van der Waals surface area contributed by atoms with E-state index in [-0.39, 0.29) is 11.4 Å². The van der Waals surface area contributed by atoms with Gasteiger partial charge in [0.15, 0.2) is 0 Å². The molecule has 0 spiro atoms. The quantitative estimate of drug-likeness (QED) is 0.711. The highest BCUT2D eigenvalue weighted by Gasteiger charge is 2.27. The lowest BCUT2D eigenvalue weighted by Gasteiger charge is -2.27. The average Bonchev–Trinajstić information content (AvgIpc) is 3.20. The first kappa shape index (κ1) is 17.4. The number of halogens is 1. The first-order chi connectivity index (χ1) is 13.6. The Balaban J connectivity index is 1.44. The van der Waals surface area contributed by atoms with Gasteiger partial charge < -0.3 is 9.15 Å². The van der Waals surface area contributed by atoms with E-state index >= 15 is 0 Å². The summed E-state index contributed by atoms with van der Waals surface area (Å²) in [6.07, 6.45) is 3.65. The number of rotatable bonds is 3. The summed E-state index contributed by atoms with van der Waals surface area (Å²) in [5, 5.41) is 1.08. The molecule has 3 aromatic rings. The van der Waals surface area contributed by atoms with Crippen LogP contribution in [-0.2, 0) is 25.8 Å². The third-order valence-corrected chi connectivity index (χ3v) is 6.06. The van der Waals surface area contributed by atoms with Crippen molar-refractivity contribution in [2.75, 3.05) is 13.3 Å². The van der Waals surface area contributed by atoms with Crippen molar-refractivity contribution in [2.45, 2.75) is 39.2 Å². The zero-order chi connectivity index (χ0) is 19.3. The Kier molecular flexibility index (Phi) is 4.20. The normalized spacial score (nSPS) is 18.0. The number of benzene rings is 2. The van der Waals surface area contributed by atoms with E-state index in [0.717, 1.165) is 72.2 Å². The fourth-order valence-electron chi connectivity index (χ4n) is 4.59. The van der Waals surface area contributed by atoms with Crippen molar-refractivity contribution in [2.24, 2.45) is 0 Å². The van der Waals surface area contributed by atoms with Crippen molar-refractivity contribution < 1.29 is 18.4 Å². The standard InChI is InChI=1S/C23H22FNO3/c1-14-21-16(11-20-18-3-2-4-19(18)23(26)28-22(14)20)12-25(13-27-21)10-9-15-5-7-17(24)8-6-15/h5-8,11H,2-4,9-10,12-13H2,1H3/p+1. The molecule has 0 radical (unpaired) electrons. The summed E-state index contributed by atoms with van der Waals surface area (Å²) >= 11 is 0. The van der Waals surface area contributed by atoms with Crippen LogP contribution >= 0.6 is 0 Å². The minimum atomic E-state index is -0.201. The first-order valence-corrected chi connectivity index (χ1v) is 9.92. The summed E-state index contributed by atoms with van der Waals surface area (Å²) in [6.45, 7) is 4.36. The molecule has 28 heavy (non-hydrogen) atoms. The molecule has 1 unspecified atom stereocenters. The van der Waals surface area contributed by atoms with Crippen molar-refractivity contribution in [1.82, 2.24) is 0 Å². The van der Waals surface area contributed by atoms with Gasteiger partial charge in [0.25, 0.3) is 0 Å². The molecule has 2 aromatic carbocycles. The van der Waals surface area contributed by atoms with Crippen LogP contribution in [0.5, 0.6) is 5.75 Å². The molecule has 1 N–H and O–H groups in total. The Labute approximate surface area is 162 Å². The number of hydrogen-bond donors (Lipinski definition) is 1. The Hall–Kier alpha value is -2.66. The monoisotopic (exact) mass is 380 g/mol. The topological polar surface area (TPSA) is 43.9 Å². The van der Waals surface area contributed by atoms with Gasteiger partial charge in [0.1, 0.15) is 23.7 Å². The van der Waals surface area contributed by atoms with Crippen LogP contribution < -0.4 is 15.3 Å². The Bertz CT molecular complexity index is 1120. The first-order valence-electron chi connectivity index (χ1n) is 9.92. The van der Waals surface area contributed by atoms with Crippen LogP contribution in [-0.4, -0.2) is 13.3 Å². The third-order valence-electron chi connectivity index (χ3n) is 6.06. The maximum Gasteiger partial charge on any atom is 0.339 e. The molecular weight excluding hydrogens is 357 g/mol. The van der Waals surface area contributed by atoms with E-state index in [9.17, 15) is 9.18 Å². The molecule has 0 saturated carbocycles. The molecule has 1 atom stereocenters. The maximum atomic E-state index is 13.1. The average molecular weight is 380 g/mol. The van der Waals surface area contributed by atoms with Gasteiger partial charge in [0.05, 0.1) is 6.54 Å². The van der Waals surface area contributed by atoms with Crippen molar-refractivity contribution in [1.29, 1.82) is 0 Å². The minimum Gasteiger partial charge on any atom is -0.444 e. The van der Waals surface area contributed by atoms with Gasteiger partial charge in [-0.25, -0.2) is 9.18 Å². The summed E-state index contributed by atoms with van der Waals surface area (Å²) in [4.78, 5) is 13.6. The van der Waals surface area contributed by atoms with E-state index in [1.165, 1.54) is 22.6 Å². The highest BCUT2D eigenvalue weighted by molar-refractivity contribution is 5.87. The fraction of sp³-hybridized carbons (Fsp3) is 0.348. The smallest absolute Gasteiger partial charge is 0.339 e. The van der Waals surface area contributed by atoms with Crippen molar-refractivity contribution in [3.05, 3.63) is 74.4 Å². The van der Waals surface area contributed by atoms with E-state index < -0.39 is 0 Å². The van der Waals surface area contributed by atoms with E-state index in [2.05, 4.69) is 6.07 Å². The van der Waals surface area contributed by atoms with E-state index in [0.29, 0.717) is 12.3 Å². The van der Waals surface area contributed by atoms with E-state index in [1.807, 2.05) is 19.1 Å². The van der Waals surface area contributed by atoms with E-state index in [4.69, 9.17) is 9.15 Å². The van der Waals surface area contributed by atoms with Crippen molar-refractivity contribution >= 4 is 11.0 Å². The van der Waals surface area contributed by atoms with Crippen molar-refractivity contribution in [3.8, 4) is 5.75 Å². The van der Waals surface area contributed by atoms with Gasteiger partial charge in [-0.15, -0.1) is 0 Å². The number of fused-ring (bicyclic) bond motifs is 4. The second-order valence-corrected chi connectivity index (χ2v) is 7.91. The molecule has 1 aliphatic heterocycles. The molecule has 5 heteroatoms. The molecule has 1 aromatic heterocycles. The highest BCUT2D eigenvalue weighted by Crippen LogP contribution is 2.36. The lowest BCUT2D eigenvalue weighted by Crippen LogP contribution is -3.12. The number of quaternary nitrogens is 1. The van der Waals surface area contributed by atoms with E-state index in [1.54, 1.807) is 0 Å². The predicted octanol–water partition coefficient (Wildman–Crippen LogP) is 2.71. The summed E-state index contributed by atoms with van der Waals surface area (Å²) in [5.74, 6) is 0.659. The lowest BCUT2D eigenvalue weighted by atomic mass is 9.99. The predicted molar refractivity (Wildman–Crippen MR) is 104 cm³/mol.